The topological polar surface area (TPSA) is 82.1 Å². The summed E-state index contributed by atoms with van der Waals surface area (Å²) in [6.45, 7) is 9.53. The summed E-state index contributed by atoms with van der Waals surface area (Å²) < 4.78 is 17.3. The Kier molecular flexibility index (Phi) is 7.21. The highest BCUT2D eigenvalue weighted by Crippen LogP contribution is 2.62. The van der Waals surface area contributed by atoms with Gasteiger partial charge in [-0.2, -0.15) is 0 Å². The van der Waals surface area contributed by atoms with Crippen LogP contribution in [0.4, 0.5) is 0 Å². The number of hydrogen-bond acceptors (Lipinski definition) is 5. The number of carbonyl (C=O) groups excluding carboxylic acids is 1. The minimum absolute atomic E-state index is 0.0233. The molecule has 0 aromatic heterocycles. The Bertz CT molecular complexity index is 1290. The smallest absolute Gasteiger partial charge is 0.343 e. The van der Waals surface area contributed by atoms with Crippen molar-refractivity contribution in [1.29, 1.82) is 0 Å². The number of carboxylic acid groups (broad SMARTS) is 1. The second-order valence-electron chi connectivity index (χ2n) is 13.2. The molecule has 0 unspecified atom stereocenters. The van der Waals surface area contributed by atoms with E-state index in [0.29, 0.717) is 33.6 Å². The van der Waals surface area contributed by atoms with Crippen LogP contribution in [0, 0.1) is 31.6 Å². The number of aromatic carboxylic acids is 1. The van der Waals surface area contributed by atoms with E-state index in [1.807, 2.05) is 39.8 Å². The molecule has 0 spiro atoms. The van der Waals surface area contributed by atoms with E-state index in [1.165, 1.54) is 19.3 Å². The quantitative estimate of drug-likeness (QED) is 0.239. The normalized spacial score (nSPS) is 25.6. The number of carbonyl (C=O) groups is 2. The summed E-state index contributed by atoms with van der Waals surface area (Å²) in [7, 11) is 4.76. The first-order valence-corrected chi connectivity index (χ1v) is 14.4. The molecule has 3 radical (unpaired) electrons. The molecule has 4 bridgehead atoms. The van der Waals surface area contributed by atoms with E-state index in [1.54, 1.807) is 20.1 Å². The van der Waals surface area contributed by atoms with Gasteiger partial charge in [0.05, 0.1) is 24.8 Å². The number of hydrogen-bond donors (Lipinski definition) is 1. The van der Waals surface area contributed by atoms with E-state index in [-0.39, 0.29) is 17.6 Å². The summed E-state index contributed by atoms with van der Waals surface area (Å²) in [5, 5.41) is 10.0. The van der Waals surface area contributed by atoms with Crippen LogP contribution in [0.25, 0.3) is 0 Å². The maximum absolute atomic E-state index is 13.8. The van der Waals surface area contributed by atoms with E-state index < -0.39 is 17.4 Å². The Morgan fingerprint density at radius 1 is 1.03 bits per heavy atom. The van der Waals surface area contributed by atoms with Crippen LogP contribution in [0.3, 0.4) is 0 Å². The molecule has 0 amide bonds. The monoisotopic (exact) mass is 547 g/mol. The van der Waals surface area contributed by atoms with Crippen molar-refractivity contribution in [3.8, 4) is 11.5 Å². The molecule has 4 aliphatic rings. The molecule has 2 aromatic rings. The number of esters is 1. The number of rotatable bonds is 7. The highest BCUT2D eigenvalue weighted by Gasteiger charge is 2.52. The molecule has 0 heterocycles. The molecule has 4 saturated carbocycles. The third kappa shape index (κ3) is 4.82. The molecule has 0 aliphatic heterocycles. The van der Waals surface area contributed by atoms with E-state index >= 15 is 0 Å². The van der Waals surface area contributed by atoms with E-state index in [2.05, 4.69) is 10.5 Å². The zero-order valence-corrected chi connectivity index (χ0v) is 24.9. The number of benzene rings is 2. The van der Waals surface area contributed by atoms with Gasteiger partial charge in [0.15, 0.2) is 0 Å². The molecule has 4 aliphatic carbocycles. The molecule has 6 rings (SSSR count). The van der Waals surface area contributed by atoms with Crippen molar-refractivity contribution in [1.82, 2.24) is 0 Å². The third-order valence-electron chi connectivity index (χ3n) is 9.53. The molecule has 7 heteroatoms. The summed E-state index contributed by atoms with van der Waals surface area (Å²) in [5.74, 6) is 2.05. The van der Waals surface area contributed by atoms with Gasteiger partial charge in [-0.15, -0.1) is 0 Å². The fourth-order valence-corrected chi connectivity index (χ4v) is 8.45. The van der Waals surface area contributed by atoms with Crippen molar-refractivity contribution in [2.24, 2.45) is 17.8 Å². The fraction of sp³-hybridized carbons (Fsp3) is 0.562. The lowest BCUT2D eigenvalue weighted by atomic mass is 9.48. The number of carboxylic acids is 1. The maximum Gasteiger partial charge on any atom is 0.343 e. The maximum atomic E-state index is 13.8. The van der Waals surface area contributed by atoms with E-state index in [4.69, 9.17) is 13.9 Å². The van der Waals surface area contributed by atoms with Gasteiger partial charge in [0.25, 0.3) is 0 Å². The molecule has 6 nitrogen and oxygen atoms in total. The zero-order valence-electron chi connectivity index (χ0n) is 23.9. The average Bonchev–Trinajstić information content (AvgIpc) is 2.85. The zero-order chi connectivity index (χ0) is 28.3. The van der Waals surface area contributed by atoms with Crippen LogP contribution < -0.4 is 9.47 Å². The van der Waals surface area contributed by atoms with Crippen LogP contribution in [0.15, 0.2) is 18.2 Å². The van der Waals surface area contributed by atoms with Crippen molar-refractivity contribution in [3.63, 3.8) is 0 Å². The summed E-state index contributed by atoms with van der Waals surface area (Å²) in [4.78, 5) is 26.1. The average molecular weight is 548 g/mol. The molecule has 0 atom stereocenters. The van der Waals surface area contributed by atoms with Gasteiger partial charge in [0.2, 0.25) is 10.5 Å². The minimum Gasteiger partial charge on any atom is -0.496 e. The standard InChI is InChI=1S/C32H39O6Si/c1-17-18(2)28(27(31(3,4)5)23(16-37-39)26(17)29(33)34)38-30(35)22-7-8-25(36-6)24(12-22)32-13-19-9-20(14-32)11-21(10-19)15-32/h7-8,12,19-21H,9-11,13-16H2,1-6H3,(H,33,34). The van der Waals surface area contributed by atoms with E-state index in [0.717, 1.165) is 48.3 Å². The number of ether oxygens (including phenoxy) is 2. The lowest BCUT2D eigenvalue weighted by molar-refractivity contribution is -0.00618. The van der Waals surface area contributed by atoms with Crippen LogP contribution in [-0.2, 0) is 21.9 Å². The molecule has 39 heavy (non-hydrogen) atoms. The second-order valence-corrected chi connectivity index (χ2v) is 13.4. The molecule has 0 saturated heterocycles. The van der Waals surface area contributed by atoms with Crippen LogP contribution >= 0.6 is 0 Å². The van der Waals surface area contributed by atoms with E-state index in [9.17, 15) is 14.7 Å². The van der Waals surface area contributed by atoms with Gasteiger partial charge in [0.1, 0.15) is 11.5 Å². The van der Waals surface area contributed by atoms with Crippen molar-refractivity contribution in [2.75, 3.05) is 7.11 Å². The van der Waals surface area contributed by atoms with Crippen LogP contribution in [0.2, 0.25) is 0 Å². The van der Waals surface area contributed by atoms with Crippen LogP contribution in [0.1, 0.15) is 108 Å². The van der Waals surface area contributed by atoms with Gasteiger partial charge < -0.3 is 19.0 Å². The summed E-state index contributed by atoms with van der Waals surface area (Å²) in [5.41, 5.74) is 3.70. The molecule has 207 valence electrons. The van der Waals surface area contributed by atoms with Gasteiger partial charge in [-0.05, 0) is 116 Å². The lowest BCUT2D eigenvalue weighted by Crippen LogP contribution is -2.48. The minimum atomic E-state index is -1.03. The SMILES string of the molecule is COc1ccc(C(=O)Oc2c(C)c(C)c(C(=O)O)c(CO[Si])c2C(C)(C)C)cc1C12CC3CC(CC(C3)C1)C2. The Morgan fingerprint density at radius 3 is 2.10 bits per heavy atom. The highest BCUT2D eigenvalue weighted by atomic mass is 28.2. The highest BCUT2D eigenvalue weighted by molar-refractivity contribution is 5.98. The van der Waals surface area contributed by atoms with Gasteiger partial charge in [-0.25, -0.2) is 9.59 Å². The van der Waals surface area contributed by atoms with Crippen molar-refractivity contribution in [3.05, 3.63) is 57.1 Å². The molecular weight excluding hydrogens is 508 g/mol. The van der Waals surface area contributed by atoms with Crippen molar-refractivity contribution in [2.45, 2.75) is 90.6 Å². The Morgan fingerprint density at radius 2 is 1.62 bits per heavy atom. The fourth-order valence-electron chi connectivity index (χ4n) is 8.30. The Balaban J connectivity index is 1.58. The predicted octanol–water partition coefficient (Wildman–Crippen LogP) is 6.59. The first-order chi connectivity index (χ1) is 18.4. The lowest BCUT2D eigenvalue weighted by Gasteiger charge is -2.57. The van der Waals surface area contributed by atoms with Crippen molar-refractivity contribution < 1.29 is 28.6 Å². The Hall–Kier alpha value is -2.64. The molecule has 2 aromatic carbocycles. The van der Waals surface area contributed by atoms with Gasteiger partial charge in [-0.3, -0.25) is 0 Å². The first-order valence-electron chi connectivity index (χ1n) is 14.0. The summed E-state index contributed by atoms with van der Waals surface area (Å²) in [6.07, 6.45) is 7.49. The van der Waals surface area contributed by atoms with Crippen molar-refractivity contribution >= 4 is 22.4 Å². The van der Waals surface area contributed by atoms with Crippen LogP contribution in [-0.4, -0.2) is 34.6 Å². The van der Waals surface area contributed by atoms with Crippen LogP contribution in [0.5, 0.6) is 11.5 Å². The van der Waals surface area contributed by atoms with Gasteiger partial charge >= 0.3 is 11.9 Å². The van der Waals surface area contributed by atoms with Gasteiger partial charge in [-0.1, -0.05) is 20.8 Å². The Labute approximate surface area is 235 Å². The first kappa shape index (κ1) is 27.9. The third-order valence-corrected chi connectivity index (χ3v) is 9.67. The molecule has 4 fully saturated rings. The summed E-state index contributed by atoms with van der Waals surface area (Å²) in [6, 6.07) is 5.68. The predicted molar refractivity (Wildman–Crippen MR) is 150 cm³/mol. The molecular formula is C32H39O6Si. The number of methoxy groups -OCH3 is 1. The largest absolute Gasteiger partial charge is 0.496 e. The summed E-state index contributed by atoms with van der Waals surface area (Å²) >= 11 is 0. The second kappa shape index (κ2) is 10.1. The van der Waals surface area contributed by atoms with Gasteiger partial charge in [0, 0.05) is 11.1 Å². The molecule has 1 N–H and O–H groups in total.